The zero-order valence-corrected chi connectivity index (χ0v) is 14.8. The van der Waals surface area contributed by atoms with E-state index >= 15 is 0 Å². The highest BCUT2D eigenvalue weighted by atomic mass is 32.1. The van der Waals surface area contributed by atoms with E-state index in [1.54, 1.807) is 0 Å². The molecule has 128 valence electrons. The van der Waals surface area contributed by atoms with Crippen LogP contribution in [0.25, 0.3) is 10.9 Å². The first kappa shape index (κ1) is 17.2. The normalized spacial score (nSPS) is 11.9. The molecule has 2 aromatic carbocycles. The SMILES string of the molecule is COC(=O)[C@@H](Cc1c[nH]c2ccccc12)NC(=S)Cc1ccccc1. The molecule has 0 aliphatic heterocycles. The van der Waals surface area contributed by atoms with Crippen LogP contribution < -0.4 is 5.32 Å². The average molecular weight is 352 g/mol. The maximum absolute atomic E-state index is 12.2. The third-order valence-corrected chi connectivity index (χ3v) is 4.39. The summed E-state index contributed by atoms with van der Waals surface area (Å²) in [5, 5.41) is 4.27. The molecule has 5 heteroatoms. The third kappa shape index (κ3) is 4.25. The van der Waals surface area contributed by atoms with E-state index < -0.39 is 6.04 Å². The molecule has 0 bridgehead atoms. The first-order chi connectivity index (χ1) is 12.2. The number of carbonyl (C=O) groups excluding carboxylic acids is 1. The van der Waals surface area contributed by atoms with Gasteiger partial charge in [0.05, 0.1) is 12.1 Å². The largest absolute Gasteiger partial charge is 0.467 e. The maximum atomic E-state index is 12.2. The number of aromatic nitrogens is 1. The van der Waals surface area contributed by atoms with Crippen molar-refractivity contribution in [1.29, 1.82) is 0 Å². The van der Waals surface area contributed by atoms with Gasteiger partial charge in [0.25, 0.3) is 0 Å². The summed E-state index contributed by atoms with van der Waals surface area (Å²) >= 11 is 5.44. The molecule has 0 radical (unpaired) electrons. The molecule has 0 aliphatic carbocycles. The second kappa shape index (κ2) is 7.94. The predicted molar refractivity (Wildman–Crippen MR) is 104 cm³/mol. The van der Waals surface area contributed by atoms with E-state index in [9.17, 15) is 4.79 Å². The minimum atomic E-state index is -0.514. The van der Waals surface area contributed by atoms with Crippen molar-refractivity contribution < 1.29 is 9.53 Å². The number of fused-ring (bicyclic) bond motifs is 1. The van der Waals surface area contributed by atoms with Gasteiger partial charge in [0, 0.05) is 29.9 Å². The Morgan fingerprint density at radius 3 is 2.64 bits per heavy atom. The zero-order valence-electron chi connectivity index (χ0n) is 14.0. The predicted octanol–water partition coefficient (Wildman–Crippen LogP) is 3.41. The first-order valence-corrected chi connectivity index (χ1v) is 8.54. The van der Waals surface area contributed by atoms with E-state index in [0.717, 1.165) is 22.0 Å². The van der Waals surface area contributed by atoms with Crippen LogP contribution in [0.3, 0.4) is 0 Å². The lowest BCUT2D eigenvalue weighted by atomic mass is 10.0. The highest BCUT2D eigenvalue weighted by molar-refractivity contribution is 7.80. The summed E-state index contributed by atoms with van der Waals surface area (Å²) in [7, 11) is 1.40. The second-order valence-corrected chi connectivity index (χ2v) is 6.36. The van der Waals surface area contributed by atoms with Crippen molar-refractivity contribution >= 4 is 34.1 Å². The minimum absolute atomic E-state index is 0.319. The van der Waals surface area contributed by atoms with Crippen LogP contribution in [0.5, 0.6) is 0 Å². The van der Waals surface area contributed by atoms with Crippen molar-refractivity contribution in [3.8, 4) is 0 Å². The van der Waals surface area contributed by atoms with E-state index in [-0.39, 0.29) is 5.97 Å². The highest BCUT2D eigenvalue weighted by Crippen LogP contribution is 2.19. The van der Waals surface area contributed by atoms with Crippen LogP contribution in [0.15, 0.2) is 60.8 Å². The number of esters is 1. The zero-order chi connectivity index (χ0) is 17.6. The molecule has 25 heavy (non-hydrogen) atoms. The van der Waals surface area contributed by atoms with Gasteiger partial charge < -0.3 is 15.0 Å². The molecule has 4 nitrogen and oxygen atoms in total. The van der Waals surface area contributed by atoms with Gasteiger partial charge >= 0.3 is 5.97 Å². The van der Waals surface area contributed by atoms with Crippen LogP contribution in [-0.2, 0) is 22.4 Å². The lowest BCUT2D eigenvalue weighted by molar-refractivity contribution is -0.142. The summed E-state index contributed by atoms with van der Waals surface area (Å²) in [6, 6.07) is 17.4. The van der Waals surface area contributed by atoms with Crippen molar-refractivity contribution in [2.45, 2.75) is 18.9 Å². The number of benzene rings is 2. The van der Waals surface area contributed by atoms with E-state index in [2.05, 4.69) is 10.3 Å². The third-order valence-electron chi connectivity index (χ3n) is 4.13. The van der Waals surface area contributed by atoms with Gasteiger partial charge in [-0.3, -0.25) is 0 Å². The Bertz CT molecular complexity index is 874. The summed E-state index contributed by atoms with van der Waals surface area (Å²) in [6.07, 6.45) is 3.03. The quantitative estimate of drug-likeness (QED) is 0.527. The van der Waals surface area contributed by atoms with Crippen LogP contribution >= 0.6 is 12.2 Å². The number of para-hydroxylation sites is 1. The highest BCUT2D eigenvalue weighted by Gasteiger charge is 2.22. The Balaban J connectivity index is 1.73. The van der Waals surface area contributed by atoms with Gasteiger partial charge in [0.2, 0.25) is 0 Å². The van der Waals surface area contributed by atoms with Gasteiger partial charge in [0.1, 0.15) is 6.04 Å². The number of aromatic amines is 1. The summed E-state index contributed by atoms with van der Waals surface area (Å²) in [6.45, 7) is 0. The summed E-state index contributed by atoms with van der Waals surface area (Å²) in [4.78, 5) is 16.1. The van der Waals surface area contributed by atoms with Gasteiger partial charge in [0.15, 0.2) is 0 Å². The fourth-order valence-electron chi connectivity index (χ4n) is 2.88. The van der Waals surface area contributed by atoms with Crippen LogP contribution in [0, 0.1) is 0 Å². The van der Waals surface area contributed by atoms with Gasteiger partial charge in [-0.05, 0) is 17.2 Å². The number of methoxy groups -OCH3 is 1. The fourth-order valence-corrected chi connectivity index (χ4v) is 3.19. The molecule has 3 aromatic rings. The molecule has 0 spiro atoms. The Morgan fingerprint density at radius 2 is 1.88 bits per heavy atom. The molecular weight excluding hydrogens is 332 g/mol. The number of rotatable bonds is 6. The van der Waals surface area contributed by atoms with Crippen LogP contribution in [0.2, 0.25) is 0 Å². The van der Waals surface area contributed by atoms with Crippen LogP contribution in [-0.4, -0.2) is 29.1 Å². The number of ether oxygens (including phenoxy) is 1. The van der Waals surface area contributed by atoms with Crippen molar-refractivity contribution in [3.63, 3.8) is 0 Å². The number of hydrogen-bond acceptors (Lipinski definition) is 3. The number of nitrogens with one attached hydrogen (secondary N) is 2. The van der Waals surface area contributed by atoms with Gasteiger partial charge in [-0.2, -0.15) is 0 Å². The van der Waals surface area contributed by atoms with Crippen molar-refractivity contribution in [1.82, 2.24) is 10.3 Å². The molecule has 0 amide bonds. The van der Waals surface area contributed by atoms with Crippen LogP contribution in [0.4, 0.5) is 0 Å². The maximum Gasteiger partial charge on any atom is 0.328 e. The molecule has 1 heterocycles. The van der Waals surface area contributed by atoms with E-state index in [4.69, 9.17) is 17.0 Å². The van der Waals surface area contributed by atoms with Crippen molar-refractivity contribution in [3.05, 3.63) is 71.9 Å². The molecule has 0 unspecified atom stereocenters. The van der Waals surface area contributed by atoms with Gasteiger partial charge in [-0.1, -0.05) is 60.7 Å². The molecule has 0 saturated heterocycles. The van der Waals surface area contributed by atoms with Gasteiger partial charge in [-0.15, -0.1) is 0 Å². The fraction of sp³-hybridized carbons (Fsp3) is 0.200. The average Bonchev–Trinajstić information content (AvgIpc) is 3.04. The molecule has 0 saturated carbocycles. The lowest BCUT2D eigenvalue weighted by Gasteiger charge is -2.18. The standard InChI is InChI=1S/C20H20N2O2S/c1-24-20(23)18(22-19(25)11-14-7-3-2-4-8-14)12-15-13-21-17-10-6-5-9-16(15)17/h2-10,13,18,21H,11-12H2,1H3,(H,22,25)/t18-/m1/s1. The molecule has 0 aliphatic rings. The monoisotopic (exact) mass is 352 g/mol. The molecule has 1 aromatic heterocycles. The Labute approximate surface area is 152 Å². The molecular formula is C20H20N2O2S. The van der Waals surface area contributed by atoms with Crippen molar-refractivity contribution in [2.75, 3.05) is 7.11 Å². The second-order valence-electron chi connectivity index (χ2n) is 5.87. The molecule has 3 rings (SSSR count). The Hall–Kier alpha value is -2.66. The number of hydrogen-bond donors (Lipinski definition) is 2. The molecule has 2 N–H and O–H groups in total. The van der Waals surface area contributed by atoms with Gasteiger partial charge in [-0.25, -0.2) is 4.79 Å². The van der Waals surface area contributed by atoms with E-state index in [0.29, 0.717) is 17.8 Å². The lowest BCUT2D eigenvalue weighted by Crippen LogP contribution is -2.42. The summed E-state index contributed by atoms with van der Waals surface area (Å²) in [5.41, 5.74) is 3.21. The number of thiocarbonyl (C=S) groups is 1. The molecule has 0 fully saturated rings. The summed E-state index contributed by atoms with van der Waals surface area (Å²) < 4.78 is 4.95. The number of carbonyl (C=O) groups is 1. The first-order valence-electron chi connectivity index (χ1n) is 8.13. The minimum Gasteiger partial charge on any atom is -0.467 e. The van der Waals surface area contributed by atoms with E-state index in [1.807, 2.05) is 60.8 Å². The molecule has 1 atom stereocenters. The van der Waals surface area contributed by atoms with Crippen LogP contribution in [0.1, 0.15) is 11.1 Å². The Morgan fingerprint density at radius 1 is 1.16 bits per heavy atom. The smallest absolute Gasteiger partial charge is 0.328 e. The van der Waals surface area contributed by atoms with E-state index in [1.165, 1.54) is 7.11 Å². The van der Waals surface area contributed by atoms with Crippen molar-refractivity contribution in [2.24, 2.45) is 0 Å². The summed E-state index contributed by atoms with van der Waals surface area (Å²) in [5.74, 6) is -0.319. The Kier molecular flexibility index (Phi) is 5.46. The topological polar surface area (TPSA) is 54.1 Å². The number of H-pyrrole nitrogens is 1.